The molecular weight excluding hydrogens is 356 g/mol. The minimum absolute atomic E-state index is 0.326. The minimum atomic E-state index is -0.881. The SMILES string of the molecule is Cc1cc(-c2ccc3ncc(N4CCN(C(=O)O)CC4)nc3c2)cc(C)c1O. The fourth-order valence-electron chi connectivity index (χ4n) is 3.58. The number of phenolic OH excluding ortho intramolecular Hbond substituents is 1. The van der Waals surface area contributed by atoms with Crippen molar-refractivity contribution in [1.82, 2.24) is 14.9 Å². The predicted octanol–water partition coefficient (Wildman–Crippen LogP) is 3.42. The molecule has 1 aromatic heterocycles. The monoisotopic (exact) mass is 378 g/mol. The van der Waals surface area contributed by atoms with Crippen LogP contribution in [0.5, 0.6) is 5.75 Å². The van der Waals surface area contributed by atoms with Gasteiger partial charge in [0.15, 0.2) is 0 Å². The molecule has 0 aliphatic carbocycles. The lowest BCUT2D eigenvalue weighted by Crippen LogP contribution is -2.48. The quantitative estimate of drug-likeness (QED) is 0.710. The summed E-state index contributed by atoms with van der Waals surface area (Å²) in [6.45, 7) is 5.90. The predicted molar refractivity (Wildman–Crippen MR) is 108 cm³/mol. The zero-order valence-corrected chi connectivity index (χ0v) is 15.9. The summed E-state index contributed by atoms with van der Waals surface area (Å²) in [7, 11) is 0. The summed E-state index contributed by atoms with van der Waals surface area (Å²) >= 11 is 0. The molecule has 1 saturated heterocycles. The van der Waals surface area contributed by atoms with Gasteiger partial charge >= 0.3 is 6.09 Å². The lowest BCUT2D eigenvalue weighted by molar-refractivity contribution is 0.142. The lowest BCUT2D eigenvalue weighted by Gasteiger charge is -2.33. The number of carboxylic acid groups (broad SMARTS) is 1. The third kappa shape index (κ3) is 3.31. The third-order valence-electron chi connectivity index (χ3n) is 5.23. The number of aromatic hydroxyl groups is 1. The molecule has 0 radical (unpaired) electrons. The first-order chi connectivity index (χ1) is 13.4. The van der Waals surface area contributed by atoms with Gasteiger partial charge in [-0.05, 0) is 60.4 Å². The van der Waals surface area contributed by atoms with Crippen LogP contribution in [0.15, 0.2) is 36.5 Å². The molecule has 1 amide bonds. The number of rotatable bonds is 2. The van der Waals surface area contributed by atoms with Gasteiger partial charge in [0.25, 0.3) is 0 Å². The molecule has 1 fully saturated rings. The van der Waals surface area contributed by atoms with E-state index < -0.39 is 6.09 Å². The molecule has 0 atom stereocenters. The van der Waals surface area contributed by atoms with Crippen LogP contribution in [0, 0.1) is 13.8 Å². The van der Waals surface area contributed by atoms with Crippen LogP contribution in [-0.2, 0) is 0 Å². The summed E-state index contributed by atoms with van der Waals surface area (Å²) < 4.78 is 0. The van der Waals surface area contributed by atoms with Crippen molar-refractivity contribution in [2.45, 2.75) is 13.8 Å². The number of benzene rings is 2. The fourth-order valence-corrected chi connectivity index (χ4v) is 3.58. The molecule has 4 rings (SSSR count). The van der Waals surface area contributed by atoms with E-state index in [-0.39, 0.29) is 0 Å². The minimum Gasteiger partial charge on any atom is -0.507 e. The second-order valence-corrected chi connectivity index (χ2v) is 7.15. The number of piperazine rings is 1. The lowest BCUT2D eigenvalue weighted by atomic mass is 9.99. The normalized spacial score (nSPS) is 14.5. The molecule has 144 valence electrons. The van der Waals surface area contributed by atoms with E-state index >= 15 is 0 Å². The van der Waals surface area contributed by atoms with Gasteiger partial charge in [-0.3, -0.25) is 4.98 Å². The highest BCUT2D eigenvalue weighted by Gasteiger charge is 2.21. The number of phenols is 1. The van der Waals surface area contributed by atoms with Crippen LogP contribution >= 0.6 is 0 Å². The summed E-state index contributed by atoms with van der Waals surface area (Å²) in [5, 5.41) is 19.1. The Balaban J connectivity index is 1.65. The average molecular weight is 378 g/mol. The Kier molecular flexibility index (Phi) is 4.50. The van der Waals surface area contributed by atoms with Gasteiger partial charge in [0, 0.05) is 26.2 Å². The molecule has 0 bridgehead atoms. The van der Waals surface area contributed by atoms with E-state index in [2.05, 4.69) is 9.88 Å². The van der Waals surface area contributed by atoms with Gasteiger partial charge in [-0.25, -0.2) is 9.78 Å². The number of aryl methyl sites for hydroxylation is 2. The molecule has 1 aliphatic rings. The summed E-state index contributed by atoms with van der Waals surface area (Å²) in [5.74, 6) is 1.08. The van der Waals surface area contributed by atoms with E-state index in [9.17, 15) is 9.90 Å². The maximum Gasteiger partial charge on any atom is 0.407 e. The molecule has 1 aliphatic heterocycles. The second kappa shape index (κ2) is 6.99. The molecule has 7 heteroatoms. The van der Waals surface area contributed by atoms with Gasteiger partial charge in [-0.15, -0.1) is 0 Å². The molecule has 3 aromatic rings. The standard InChI is InChI=1S/C21H22N4O3/c1-13-9-16(10-14(2)20(13)26)15-3-4-17-18(11-15)23-19(12-22-17)24-5-7-25(8-6-24)21(27)28/h3-4,9-12,26H,5-8H2,1-2H3,(H,27,28). The Bertz CT molecular complexity index is 1040. The number of anilines is 1. The van der Waals surface area contributed by atoms with Gasteiger partial charge in [0.05, 0.1) is 17.2 Å². The van der Waals surface area contributed by atoms with Crippen molar-refractivity contribution in [2.24, 2.45) is 0 Å². The summed E-state index contributed by atoms with van der Waals surface area (Å²) in [6.07, 6.45) is 0.862. The molecule has 2 N–H and O–H groups in total. The number of carbonyl (C=O) groups is 1. The smallest absolute Gasteiger partial charge is 0.407 e. The Morgan fingerprint density at radius 2 is 1.64 bits per heavy atom. The van der Waals surface area contributed by atoms with Gasteiger partial charge in [0.2, 0.25) is 0 Å². The number of hydrogen-bond acceptors (Lipinski definition) is 5. The van der Waals surface area contributed by atoms with Crippen molar-refractivity contribution in [3.8, 4) is 16.9 Å². The van der Waals surface area contributed by atoms with Gasteiger partial charge in [0.1, 0.15) is 11.6 Å². The maximum absolute atomic E-state index is 11.1. The molecule has 7 nitrogen and oxygen atoms in total. The van der Waals surface area contributed by atoms with E-state index in [1.165, 1.54) is 4.90 Å². The van der Waals surface area contributed by atoms with Crippen LogP contribution in [0.3, 0.4) is 0 Å². The number of fused-ring (bicyclic) bond motifs is 1. The zero-order valence-electron chi connectivity index (χ0n) is 15.9. The van der Waals surface area contributed by atoms with Crippen LogP contribution < -0.4 is 4.90 Å². The zero-order chi connectivity index (χ0) is 19.8. The summed E-state index contributed by atoms with van der Waals surface area (Å²) in [6, 6.07) is 9.89. The highest BCUT2D eigenvalue weighted by atomic mass is 16.4. The van der Waals surface area contributed by atoms with Crippen molar-refractivity contribution in [3.63, 3.8) is 0 Å². The Hall–Kier alpha value is -3.35. The second-order valence-electron chi connectivity index (χ2n) is 7.15. The first-order valence-corrected chi connectivity index (χ1v) is 9.22. The number of aromatic nitrogens is 2. The Morgan fingerprint density at radius 3 is 2.29 bits per heavy atom. The van der Waals surface area contributed by atoms with E-state index in [1.54, 1.807) is 6.20 Å². The van der Waals surface area contributed by atoms with E-state index in [0.29, 0.717) is 31.9 Å². The van der Waals surface area contributed by atoms with Crippen molar-refractivity contribution >= 4 is 22.9 Å². The summed E-state index contributed by atoms with van der Waals surface area (Å²) in [4.78, 5) is 23.8. The highest BCUT2D eigenvalue weighted by molar-refractivity contribution is 5.82. The molecular formula is C21H22N4O3. The molecule has 0 spiro atoms. The third-order valence-corrected chi connectivity index (χ3v) is 5.23. The fraction of sp³-hybridized carbons (Fsp3) is 0.286. The van der Waals surface area contributed by atoms with E-state index in [1.807, 2.05) is 44.2 Å². The molecule has 0 saturated carbocycles. The van der Waals surface area contributed by atoms with E-state index in [0.717, 1.165) is 39.1 Å². The first kappa shape index (κ1) is 18.0. The van der Waals surface area contributed by atoms with Crippen molar-refractivity contribution in [2.75, 3.05) is 31.1 Å². The average Bonchev–Trinajstić information content (AvgIpc) is 2.71. The number of amides is 1. The van der Waals surface area contributed by atoms with Gasteiger partial charge in [-0.2, -0.15) is 0 Å². The molecule has 0 unspecified atom stereocenters. The number of nitrogens with zero attached hydrogens (tertiary/aromatic N) is 4. The summed E-state index contributed by atoms with van der Waals surface area (Å²) in [5.41, 5.74) is 5.32. The molecule has 28 heavy (non-hydrogen) atoms. The van der Waals surface area contributed by atoms with Crippen LogP contribution in [0.1, 0.15) is 11.1 Å². The molecule has 2 aromatic carbocycles. The highest BCUT2D eigenvalue weighted by Crippen LogP contribution is 2.30. The van der Waals surface area contributed by atoms with Crippen molar-refractivity contribution in [1.29, 1.82) is 0 Å². The van der Waals surface area contributed by atoms with Gasteiger partial charge in [-0.1, -0.05) is 6.07 Å². The van der Waals surface area contributed by atoms with Crippen molar-refractivity contribution < 1.29 is 15.0 Å². The number of hydrogen-bond donors (Lipinski definition) is 2. The Labute approximate surface area is 162 Å². The largest absolute Gasteiger partial charge is 0.507 e. The van der Waals surface area contributed by atoms with Crippen LogP contribution in [0.4, 0.5) is 10.6 Å². The van der Waals surface area contributed by atoms with Crippen LogP contribution in [0.25, 0.3) is 22.2 Å². The van der Waals surface area contributed by atoms with Crippen LogP contribution in [-0.4, -0.2) is 57.4 Å². The van der Waals surface area contributed by atoms with Gasteiger partial charge < -0.3 is 20.0 Å². The van der Waals surface area contributed by atoms with Crippen LogP contribution in [0.2, 0.25) is 0 Å². The maximum atomic E-state index is 11.1. The topological polar surface area (TPSA) is 89.8 Å². The Morgan fingerprint density at radius 1 is 0.964 bits per heavy atom. The first-order valence-electron chi connectivity index (χ1n) is 9.22. The molecule has 2 heterocycles. The van der Waals surface area contributed by atoms with Crippen molar-refractivity contribution in [3.05, 3.63) is 47.7 Å². The van der Waals surface area contributed by atoms with E-state index in [4.69, 9.17) is 10.1 Å².